The second-order valence-corrected chi connectivity index (χ2v) is 3.15. The fraction of sp³-hybridized carbons (Fsp3) is 1.00. The second-order valence-electron chi connectivity index (χ2n) is 3.15. The molecule has 1 saturated carbocycles. The topological polar surface area (TPSA) is 78.5 Å². The van der Waals surface area contributed by atoms with Gasteiger partial charge in [-0.3, -0.25) is 0 Å². The van der Waals surface area contributed by atoms with Crippen molar-refractivity contribution in [3.05, 3.63) is 0 Å². The van der Waals surface area contributed by atoms with Gasteiger partial charge in [0.2, 0.25) is 0 Å². The summed E-state index contributed by atoms with van der Waals surface area (Å²) in [7, 11) is 0. The highest BCUT2D eigenvalue weighted by Gasteiger charge is 2.28. The van der Waals surface area contributed by atoms with E-state index in [4.69, 9.17) is 10.9 Å². The largest absolute Gasteiger partial charge is 0.389 e. The smallest absolute Gasteiger partial charge is 0.0769 e. The van der Waals surface area contributed by atoms with Gasteiger partial charge in [-0.2, -0.15) is 0 Å². The van der Waals surface area contributed by atoms with Gasteiger partial charge < -0.3 is 16.0 Å². The summed E-state index contributed by atoms with van der Waals surface area (Å²) in [5.41, 5.74) is 6.76. The molecule has 12 heavy (non-hydrogen) atoms. The van der Waals surface area contributed by atoms with Gasteiger partial charge in [0, 0.05) is 13.1 Å². The van der Waals surface area contributed by atoms with Crippen molar-refractivity contribution in [1.82, 2.24) is 5.48 Å². The lowest BCUT2D eigenvalue weighted by Gasteiger charge is -2.18. The molecule has 1 aliphatic rings. The standard InChI is InChI=1S/C6H13NO.C2H7NO/c7-5-6(8)3-1-2-4-6;1-2-3-4/h8H,1-5,7H2;3-4H,2H2,1H3. The molecule has 0 aromatic heterocycles. The van der Waals surface area contributed by atoms with E-state index in [1.807, 2.05) is 12.4 Å². The number of hydrogen-bond donors (Lipinski definition) is 4. The molecule has 0 unspecified atom stereocenters. The van der Waals surface area contributed by atoms with Crippen LogP contribution in [0.3, 0.4) is 0 Å². The van der Waals surface area contributed by atoms with E-state index in [0.717, 1.165) is 25.7 Å². The number of aliphatic hydroxyl groups is 1. The van der Waals surface area contributed by atoms with E-state index < -0.39 is 5.60 Å². The molecule has 5 N–H and O–H groups in total. The van der Waals surface area contributed by atoms with E-state index in [0.29, 0.717) is 13.1 Å². The van der Waals surface area contributed by atoms with E-state index in [1.54, 1.807) is 0 Å². The van der Waals surface area contributed by atoms with Crippen LogP contribution in [0, 0.1) is 0 Å². The van der Waals surface area contributed by atoms with Gasteiger partial charge in [-0.1, -0.05) is 19.8 Å². The molecule has 0 aromatic rings. The minimum Gasteiger partial charge on any atom is -0.389 e. The molecule has 4 nitrogen and oxygen atoms in total. The Balaban J connectivity index is 0.000000261. The summed E-state index contributed by atoms with van der Waals surface area (Å²) in [6.45, 7) is 2.88. The fourth-order valence-electron chi connectivity index (χ4n) is 1.24. The predicted octanol–water partition coefficient (Wildman–Crippen LogP) is 0.235. The molecule has 0 aliphatic heterocycles. The Bertz CT molecular complexity index is 101. The van der Waals surface area contributed by atoms with E-state index in [2.05, 4.69) is 0 Å². The fourth-order valence-corrected chi connectivity index (χ4v) is 1.24. The molecular formula is C8H20N2O2. The lowest BCUT2D eigenvalue weighted by Crippen LogP contribution is -2.33. The highest BCUT2D eigenvalue weighted by atomic mass is 16.5. The van der Waals surface area contributed by atoms with Crippen LogP contribution in [-0.2, 0) is 0 Å². The molecule has 0 spiro atoms. The van der Waals surface area contributed by atoms with Crippen molar-refractivity contribution in [3.8, 4) is 0 Å². The zero-order valence-corrected chi connectivity index (χ0v) is 7.71. The van der Waals surface area contributed by atoms with Gasteiger partial charge in [-0.25, -0.2) is 5.48 Å². The molecule has 4 heteroatoms. The Kier molecular flexibility index (Phi) is 6.28. The number of nitrogens with one attached hydrogen (secondary N) is 1. The van der Waals surface area contributed by atoms with Crippen molar-refractivity contribution in [2.45, 2.75) is 38.2 Å². The number of hydroxylamine groups is 1. The molecule has 0 bridgehead atoms. The first kappa shape index (κ1) is 11.8. The van der Waals surface area contributed by atoms with Crippen molar-refractivity contribution in [1.29, 1.82) is 0 Å². The van der Waals surface area contributed by atoms with Crippen molar-refractivity contribution in [3.63, 3.8) is 0 Å². The number of nitrogens with two attached hydrogens (primary N) is 1. The molecule has 0 heterocycles. The Morgan fingerprint density at radius 2 is 1.83 bits per heavy atom. The lowest BCUT2D eigenvalue weighted by molar-refractivity contribution is 0.0570. The average Bonchev–Trinajstić information content (AvgIpc) is 2.54. The minimum atomic E-state index is -0.486. The van der Waals surface area contributed by atoms with Gasteiger partial charge in [0.05, 0.1) is 5.60 Å². The Hall–Kier alpha value is -0.160. The van der Waals surface area contributed by atoms with Crippen LogP contribution in [0.4, 0.5) is 0 Å². The third-order valence-corrected chi connectivity index (χ3v) is 2.07. The Labute approximate surface area is 73.7 Å². The monoisotopic (exact) mass is 176 g/mol. The molecular weight excluding hydrogens is 156 g/mol. The average molecular weight is 176 g/mol. The summed E-state index contributed by atoms with van der Waals surface area (Å²) in [5, 5.41) is 17.0. The summed E-state index contributed by atoms with van der Waals surface area (Å²) in [6, 6.07) is 0. The van der Waals surface area contributed by atoms with Gasteiger partial charge in [0.25, 0.3) is 0 Å². The predicted molar refractivity (Wildman–Crippen MR) is 47.9 cm³/mol. The molecule has 1 aliphatic carbocycles. The minimum absolute atomic E-state index is 0.438. The summed E-state index contributed by atoms with van der Waals surface area (Å²) in [4.78, 5) is 0. The van der Waals surface area contributed by atoms with Gasteiger partial charge in [-0.05, 0) is 12.8 Å². The molecule has 0 atom stereocenters. The third-order valence-electron chi connectivity index (χ3n) is 2.07. The van der Waals surface area contributed by atoms with Gasteiger partial charge in [0.1, 0.15) is 0 Å². The summed E-state index contributed by atoms with van der Waals surface area (Å²) >= 11 is 0. The zero-order valence-electron chi connectivity index (χ0n) is 7.71. The molecule has 0 saturated heterocycles. The highest BCUT2D eigenvalue weighted by molar-refractivity contribution is 4.84. The number of rotatable bonds is 2. The summed E-state index contributed by atoms with van der Waals surface area (Å²) in [5.74, 6) is 0. The van der Waals surface area contributed by atoms with Gasteiger partial charge in [0.15, 0.2) is 0 Å². The van der Waals surface area contributed by atoms with Crippen LogP contribution in [-0.4, -0.2) is 29.0 Å². The second kappa shape index (κ2) is 6.37. The van der Waals surface area contributed by atoms with Crippen LogP contribution in [0.1, 0.15) is 32.6 Å². The maximum absolute atomic E-state index is 9.38. The van der Waals surface area contributed by atoms with E-state index in [9.17, 15) is 5.11 Å². The van der Waals surface area contributed by atoms with E-state index in [-0.39, 0.29) is 0 Å². The molecule has 74 valence electrons. The molecule has 1 rings (SSSR count). The van der Waals surface area contributed by atoms with E-state index >= 15 is 0 Å². The first-order chi connectivity index (χ1) is 5.68. The van der Waals surface area contributed by atoms with Crippen molar-refractivity contribution < 1.29 is 10.3 Å². The molecule has 0 aromatic carbocycles. The van der Waals surface area contributed by atoms with Crippen LogP contribution >= 0.6 is 0 Å². The quantitative estimate of drug-likeness (QED) is 0.454. The Morgan fingerprint density at radius 3 is 2.00 bits per heavy atom. The van der Waals surface area contributed by atoms with Crippen molar-refractivity contribution >= 4 is 0 Å². The summed E-state index contributed by atoms with van der Waals surface area (Å²) in [6.07, 6.45) is 4.11. The van der Waals surface area contributed by atoms with Crippen LogP contribution in [0.15, 0.2) is 0 Å². The van der Waals surface area contributed by atoms with Crippen molar-refractivity contribution in [2.75, 3.05) is 13.1 Å². The van der Waals surface area contributed by atoms with Crippen LogP contribution in [0.5, 0.6) is 0 Å². The van der Waals surface area contributed by atoms with Gasteiger partial charge >= 0.3 is 0 Å². The van der Waals surface area contributed by atoms with Crippen LogP contribution < -0.4 is 11.2 Å². The first-order valence-electron chi connectivity index (χ1n) is 4.48. The summed E-state index contributed by atoms with van der Waals surface area (Å²) < 4.78 is 0. The third kappa shape index (κ3) is 4.66. The highest BCUT2D eigenvalue weighted by Crippen LogP contribution is 2.27. The normalized spacial score (nSPS) is 20.0. The number of hydrogen-bond acceptors (Lipinski definition) is 4. The molecule has 0 amide bonds. The molecule has 1 fully saturated rings. The van der Waals surface area contributed by atoms with Gasteiger partial charge in [-0.15, -0.1) is 0 Å². The lowest BCUT2D eigenvalue weighted by atomic mass is 10.0. The van der Waals surface area contributed by atoms with Crippen LogP contribution in [0.25, 0.3) is 0 Å². The maximum atomic E-state index is 9.38. The first-order valence-corrected chi connectivity index (χ1v) is 4.48. The molecule has 0 radical (unpaired) electrons. The van der Waals surface area contributed by atoms with E-state index in [1.165, 1.54) is 0 Å². The zero-order chi connectivity index (χ0) is 9.45. The van der Waals surface area contributed by atoms with Crippen molar-refractivity contribution in [2.24, 2.45) is 5.73 Å². The SMILES string of the molecule is CCNO.NCC1(O)CCCC1. The Morgan fingerprint density at radius 1 is 1.42 bits per heavy atom. The van der Waals surface area contributed by atoms with Crippen LogP contribution in [0.2, 0.25) is 0 Å². The maximum Gasteiger partial charge on any atom is 0.0769 e.